The normalized spacial score (nSPS) is 11.5. The van der Waals surface area contributed by atoms with Crippen LogP contribution in [0.2, 0.25) is 0 Å². The van der Waals surface area contributed by atoms with Gasteiger partial charge in [0.25, 0.3) is 0 Å². The van der Waals surface area contributed by atoms with Gasteiger partial charge in [-0.1, -0.05) is 24.3 Å². The molecule has 5 nitrogen and oxygen atoms in total. The fourth-order valence-corrected chi connectivity index (χ4v) is 3.41. The van der Waals surface area contributed by atoms with E-state index in [9.17, 15) is 8.42 Å². The highest BCUT2D eigenvalue weighted by molar-refractivity contribution is 7.93. The number of methoxy groups -OCH3 is 3. The zero-order valence-electron chi connectivity index (χ0n) is 13.9. The fraction of sp³-hybridized carbons (Fsp3) is 0.222. The summed E-state index contributed by atoms with van der Waals surface area (Å²) in [5.41, 5.74) is 1.18. The van der Waals surface area contributed by atoms with Crippen molar-refractivity contribution >= 4 is 15.9 Å². The number of rotatable bonds is 7. The minimum atomic E-state index is -3.49. The molecule has 2 rings (SSSR count). The van der Waals surface area contributed by atoms with Crippen molar-refractivity contribution in [2.24, 2.45) is 0 Å². The second-order valence-corrected chi connectivity index (χ2v) is 6.88. The van der Waals surface area contributed by atoms with Crippen LogP contribution >= 0.6 is 0 Å². The molecule has 6 heteroatoms. The van der Waals surface area contributed by atoms with E-state index in [0.717, 1.165) is 0 Å². The number of hydrogen-bond acceptors (Lipinski definition) is 5. The molecule has 24 heavy (non-hydrogen) atoms. The van der Waals surface area contributed by atoms with Gasteiger partial charge in [-0.15, -0.1) is 0 Å². The van der Waals surface area contributed by atoms with E-state index in [2.05, 4.69) is 0 Å². The molecule has 0 saturated heterocycles. The highest BCUT2D eigenvalue weighted by Crippen LogP contribution is 2.30. The molecule has 0 atom stereocenters. The molecule has 0 unspecified atom stereocenters. The molecule has 0 spiro atoms. The summed E-state index contributed by atoms with van der Waals surface area (Å²) >= 11 is 0. The highest BCUT2D eigenvalue weighted by Gasteiger charge is 2.13. The van der Waals surface area contributed by atoms with E-state index in [-0.39, 0.29) is 5.75 Å². The third-order valence-corrected chi connectivity index (χ3v) is 4.72. The molecular weight excluding hydrogens is 328 g/mol. The maximum atomic E-state index is 12.4. The molecule has 0 heterocycles. The predicted octanol–water partition coefficient (Wildman–Crippen LogP) is 3.30. The van der Waals surface area contributed by atoms with Gasteiger partial charge in [-0.3, -0.25) is 0 Å². The summed E-state index contributed by atoms with van der Waals surface area (Å²) in [7, 11) is 1.07. The van der Waals surface area contributed by atoms with Gasteiger partial charge in [0.2, 0.25) is 0 Å². The first-order chi connectivity index (χ1) is 11.5. The number of ether oxygens (including phenoxy) is 3. The Labute approximate surface area is 142 Å². The number of sulfone groups is 1. The van der Waals surface area contributed by atoms with Crippen LogP contribution in [0, 0.1) is 0 Å². The molecule has 0 aliphatic heterocycles. The van der Waals surface area contributed by atoms with E-state index >= 15 is 0 Å². The summed E-state index contributed by atoms with van der Waals surface area (Å²) in [5, 5.41) is 1.17. The summed E-state index contributed by atoms with van der Waals surface area (Å²) in [5.74, 6) is 1.48. The molecule has 0 bridgehead atoms. The lowest BCUT2D eigenvalue weighted by Gasteiger charge is -2.10. The number of benzene rings is 2. The quantitative estimate of drug-likeness (QED) is 0.768. The minimum Gasteiger partial charge on any atom is -0.496 e. The summed E-state index contributed by atoms with van der Waals surface area (Å²) in [6.45, 7) is 0. The Balaban J connectivity index is 2.31. The van der Waals surface area contributed by atoms with E-state index in [1.165, 1.54) is 32.8 Å². The van der Waals surface area contributed by atoms with Crippen molar-refractivity contribution in [3.63, 3.8) is 0 Å². The highest BCUT2D eigenvalue weighted by atomic mass is 32.2. The standard InChI is InChI=1S/C18H20O5S/c1-21-16-8-5-4-7-14(16)13-24(19,20)12-11-15-17(22-2)9-6-10-18(15)23-3/h4-12H,13H2,1-3H3/b12-11+. The van der Waals surface area contributed by atoms with Gasteiger partial charge in [0.1, 0.15) is 17.2 Å². The van der Waals surface area contributed by atoms with Crippen LogP contribution in [0.4, 0.5) is 0 Å². The van der Waals surface area contributed by atoms with Crippen molar-refractivity contribution in [2.45, 2.75) is 5.75 Å². The zero-order valence-corrected chi connectivity index (χ0v) is 14.7. The largest absolute Gasteiger partial charge is 0.496 e. The first-order valence-corrected chi connectivity index (χ1v) is 8.96. The van der Waals surface area contributed by atoms with Crippen molar-refractivity contribution in [2.75, 3.05) is 21.3 Å². The third kappa shape index (κ3) is 4.29. The molecule has 0 N–H and O–H groups in total. The summed E-state index contributed by atoms with van der Waals surface area (Å²) < 4.78 is 40.6. The minimum absolute atomic E-state index is 0.148. The van der Waals surface area contributed by atoms with Crippen LogP contribution in [0.1, 0.15) is 11.1 Å². The first kappa shape index (κ1) is 17.9. The second kappa shape index (κ2) is 7.88. The number of para-hydroxylation sites is 1. The second-order valence-electron chi connectivity index (χ2n) is 5.00. The Morgan fingerprint density at radius 2 is 1.38 bits per heavy atom. The van der Waals surface area contributed by atoms with Crippen molar-refractivity contribution in [1.29, 1.82) is 0 Å². The smallest absolute Gasteiger partial charge is 0.175 e. The van der Waals surface area contributed by atoms with Crippen molar-refractivity contribution in [1.82, 2.24) is 0 Å². The van der Waals surface area contributed by atoms with Crippen molar-refractivity contribution in [3.8, 4) is 17.2 Å². The van der Waals surface area contributed by atoms with Crippen LogP contribution in [-0.4, -0.2) is 29.7 Å². The van der Waals surface area contributed by atoms with E-state index in [1.54, 1.807) is 42.5 Å². The van der Waals surface area contributed by atoms with Gasteiger partial charge in [-0.2, -0.15) is 0 Å². The van der Waals surface area contributed by atoms with Crippen LogP contribution in [-0.2, 0) is 15.6 Å². The predicted molar refractivity (Wildman–Crippen MR) is 94.2 cm³/mol. The van der Waals surface area contributed by atoms with Gasteiger partial charge in [0.15, 0.2) is 9.84 Å². The van der Waals surface area contributed by atoms with Gasteiger partial charge >= 0.3 is 0 Å². The Morgan fingerprint density at radius 1 is 0.833 bits per heavy atom. The van der Waals surface area contributed by atoms with Gasteiger partial charge in [0, 0.05) is 11.0 Å². The van der Waals surface area contributed by atoms with Crippen LogP contribution in [0.3, 0.4) is 0 Å². The summed E-state index contributed by atoms with van der Waals surface area (Å²) in [4.78, 5) is 0. The molecular formula is C18H20O5S. The van der Waals surface area contributed by atoms with Crippen LogP contribution in [0.25, 0.3) is 6.08 Å². The van der Waals surface area contributed by atoms with Gasteiger partial charge < -0.3 is 14.2 Å². The van der Waals surface area contributed by atoms with Crippen molar-refractivity contribution < 1.29 is 22.6 Å². The Kier molecular flexibility index (Phi) is 5.87. The average molecular weight is 348 g/mol. The fourth-order valence-electron chi connectivity index (χ4n) is 2.30. The Hall–Kier alpha value is -2.47. The lowest BCUT2D eigenvalue weighted by atomic mass is 10.2. The van der Waals surface area contributed by atoms with E-state index < -0.39 is 9.84 Å². The maximum absolute atomic E-state index is 12.4. The monoisotopic (exact) mass is 348 g/mol. The summed E-state index contributed by atoms with van der Waals surface area (Å²) in [6, 6.07) is 12.3. The van der Waals surface area contributed by atoms with E-state index in [4.69, 9.17) is 14.2 Å². The van der Waals surface area contributed by atoms with Crippen LogP contribution in [0.15, 0.2) is 47.9 Å². The SMILES string of the molecule is COc1ccccc1CS(=O)(=O)/C=C/c1c(OC)cccc1OC. The molecule has 0 saturated carbocycles. The van der Waals surface area contributed by atoms with Crippen LogP contribution in [0.5, 0.6) is 17.2 Å². The zero-order chi connectivity index (χ0) is 17.6. The molecule has 0 amide bonds. The maximum Gasteiger partial charge on any atom is 0.175 e. The van der Waals surface area contributed by atoms with Gasteiger partial charge in [-0.25, -0.2) is 8.42 Å². The van der Waals surface area contributed by atoms with E-state index in [0.29, 0.717) is 28.4 Å². The van der Waals surface area contributed by atoms with Crippen LogP contribution < -0.4 is 14.2 Å². The molecule has 2 aromatic rings. The molecule has 0 radical (unpaired) electrons. The Bertz CT molecular complexity index is 803. The van der Waals surface area contributed by atoms with Gasteiger partial charge in [0.05, 0.1) is 32.6 Å². The lowest BCUT2D eigenvalue weighted by Crippen LogP contribution is -2.02. The molecule has 0 fully saturated rings. The molecule has 128 valence electrons. The number of hydrogen-bond donors (Lipinski definition) is 0. The third-order valence-electron chi connectivity index (χ3n) is 3.46. The molecule has 0 aliphatic carbocycles. The summed E-state index contributed by atoms with van der Waals surface area (Å²) in [6.07, 6.45) is 1.49. The molecule has 0 aliphatic rings. The molecule has 0 aromatic heterocycles. The molecule has 2 aromatic carbocycles. The first-order valence-electron chi connectivity index (χ1n) is 7.24. The Morgan fingerprint density at radius 3 is 1.96 bits per heavy atom. The lowest BCUT2D eigenvalue weighted by molar-refractivity contribution is 0.392. The topological polar surface area (TPSA) is 61.8 Å². The van der Waals surface area contributed by atoms with E-state index in [1.807, 2.05) is 0 Å². The van der Waals surface area contributed by atoms with Gasteiger partial charge in [-0.05, 0) is 24.3 Å². The van der Waals surface area contributed by atoms with Crippen molar-refractivity contribution in [3.05, 3.63) is 59.0 Å². The average Bonchev–Trinajstić information content (AvgIpc) is 2.59.